The van der Waals surface area contributed by atoms with Crippen LogP contribution < -0.4 is 10.1 Å². The van der Waals surface area contributed by atoms with Crippen molar-refractivity contribution < 1.29 is 0 Å². The quantitative estimate of drug-likeness (QED) is 0.577. The zero-order chi connectivity index (χ0) is 19.8. The maximum absolute atomic E-state index is 5.27. The Morgan fingerprint density at radius 2 is 1.48 bits per heavy atom. The lowest BCUT2D eigenvalue weighted by Crippen LogP contribution is -2.36. The lowest BCUT2D eigenvalue weighted by molar-refractivity contribution is 0.240. The van der Waals surface area contributed by atoms with Crippen molar-refractivity contribution in [2.45, 2.75) is 46.0 Å². The number of fused-ring (bicyclic) bond motifs is 1. The van der Waals surface area contributed by atoms with Gasteiger partial charge in [0, 0.05) is 29.4 Å². The first-order valence-corrected chi connectivity index (χ1v) is 12.2. The van der Waals surface area contributed by atoms with E-state index in [4.69, 9.17) is 5.10 Å². The van der Waals surface area contributed by atoms with Gasteiger partial charge in [0.25, 0.3) is 0 Å². The molecule has 29 heavy (non-hydrogen) atoms. The van der Waals surface area contributed by atoms with Crippen LogP contribution in [0.5, 0.6) is 0 Å². The van der Waals surface area contributed by atoms with E-state index in [1.165, 1.54) is 54.4 Å². The molecule has 4 heteroatoms. The Labute approximate surface area is 175 Å². The van der Waals surface area contributed by atoms with Gasteiger partial charge >= 0.3 is 0 Å². The zero-order valence-corrected chi connectivity index (χ0v) is 18.4. The first kappa shape index (κ1) is 18.9. The van der Waals surface area contributed by atoms with E-state index in [1.54, 1.807) is 5.70 Å². The number of para-hydroxylation sites is 1. The number of likely N-dealkylation sites (tertiary alicyclic amines) is 1. The molecule has 5 rings (SSSR count). The molecule has 1 unspecified atom stereocenters. The van der Waals surface area contributed by atoms with Crippen LogP contribution in [0.4, 0.5) is 5.69 Å². The molecule has 2 aliphatic heterocycles. The number of hydrazone groups is 1. The molecule has 0 N–H and O–H groups in total. The molecule has 0 bridgehead atoms. The fraction of sp³-hybridized carbons (Fsp3) is 0.400. The number of hydrogen-bond acceptors (Lipinski definition) is 3. The predicted octanol–water partition coefficient (Wildman–Crippen LogP) is 6.10. The Kier molecular flexibility index (Phi) is 4.95. The van der Waals surface area contributed by atoms with Gasteiger partial charge < -0.3 is 4.90 Å². The van der Waals surface area contributed by atoms with Crippen LogP contribution in [0, 0.1) is 5.41 Å². The molecule has 2 aromatic rings. The second-order valence-corrected chi connectivity index (χ2v) is 11.1. The fourth-order valence-corrected chi connectivity index (χ4v) is 7.37. The third-order valence-corrected chi connectivity index (χ3v) is 8.61. The summed E-state index contributed by atoms with van der Waals surface area (Å²) in [7, 11) is -0.675. The molecule has 3 nitrogen and oxygen atoms in total. The summed E-state index contributed by atoms with van der Waals surface area (Å²) >= 11 is 0. The summed E-state index contributed by atoms with van der Waals surface area (Å²) in [5, 5.41) is 8.21. The molecule has 0 amide bonds. The Hall–Kier alpha value is -2.12. The molecule has 1 fully saturated rings. The van der Waals surface area contributed by atoms with Crippen molar-refractivity contribution >= 4 is 24.8 Å². The van der Waals surface area contributed by atoms with Gasteiger partial charge in [0.05, 0.1) is 19.5 Å². The van der Waals surface area contributed by atoms with E-state index >= 15 is 0 Å². The number of nitrogens with zero attached hydrogens (tertiary/aromatic N) is 3. The molecular weight excluding hydrogens is 373 g/mol. The van der Waals surface area contributed by atoms with E-state index in [-0.39, 0.29) is 5.41 Å². The summed E-state index contributed by atoms with van der Waals surface area (Å²) in [5.41, 5.74) is 4.36. The van der Waals surface area contributed by atoms with Gasteiger partial charge in [-0.25, -0.2) is 4.78 Å². The Balaban J connectivity index is 1.68. The highest BCUT2D eigenvalue weighted by atomic mass is 31.1. The van der Waals surface area contributed by atoms with Gasteiger partial charge in [0.2, 0.25) is 0 Å². The third-order valence-electron chi connectivity index (χ3n) is 6.18. The van der Waals surface area contributed by atoms with Crippen LogP contribution in [0.25, 0.3) is 0 Å². The number of rotatable bonds is 3. The van der Waals surface area contributed by atoms with Crippen LogP contribution in [0.3, 0.4) is 0 Å². The van der Waals surface area contributed by atoms with Crippen LogP contribution in [-0.4, -0.2) is 23.7 Å². The zero-order valence-electron chi connectivity index (χ0n) is 17.5. The van der Waals surface area contributed by atoms with Crippen molar-refractivity contribution in [2.75, 3.05) is 17.9 Å². The maximum Gasteiger partial charge on any atom is 0.0843 e. The van der Waals surface area contributed by atoms with E-state index in [0.29, 0.717) is 0 Å². The standard InChI is InChI=1S/C25H30N3P/c1-25(2)18-22-24(23(19-25)27-16-10-5-11-17-27)29(21-14-8-4-9-15-21)28(26-22)20-12-6-3-7-13-20/h3-4,6-9,12-15H,5,10-11,16-19H2,1-2H3. The summed E-state index contributed by atoms with van der Waals surface area (Å²) < 4.78 is 2.33. The smallest absolute Gasteiger partial charge is 0.0843 e. The highest BCUT2D eigenvalue weighted by Gasteiger charge is 2.44. The summed E-state index contributed by atoms with van der Waals surface area (Å²) in [6.45, 7) is 7.22. The summed E-state index contributed by atoms with van der Waals surface area (Å²) in [6, 6.07) is 21.8. The average Bonchev–Trinajstić information content (AvgIpc) is 3.13. The topological polar surface area (TPSA) is 18.8 Å². The van der Waals surface area contributed by atoms with Gasteiger partial charge in [-0.1, -0.05) is 62.4 Å². The largest absolute Gasteiger partial charge is 0.374 e. The highest BCUT2D eigenvalue weighted by molar-refractivity contribution is 7.73. The monoisotopic (exact) mass is 403 g/mol. The maximum atomic E-state index is 5.27. The number of anilines is 1. The molecule has 0 saturated carbocycles. The minimum absolute atomic E-state index is 0.263. The van der Waals surface area contributed by atoms with Gasteiger partial charge in [-0.2, -0.15) is 5.10 Å². The second kappa shape index (κ2) is 7.61. The van der Waals surface area contributed by atoms with Crippen LogP contribution in [0.1, 0.15) is 46.0 Å². The van der Waals surface area contributed by atoms with E-state index in [9.17, 15) is 0 Å². The van der Waals surface area contributed by atoms with Crippen molar-refractivity contribution in [3.63, 3.8) is 0 Å². The van der Waals surface area contributed by atoms with Crippen LogP contribution >= 0.6 is 8.07 Å². The normalized spacial score (nSPS) is 23.8. The molecular formula is C25H30N3P. The molecule has 1 saturated heterocycles. The van der Waals surface area contributed by atoms with Gasteiger partial charge in [0.15, 0.2) is 0 Å². The van der Waals surface area contributed by atoms with Crippen LogP contribution in [0.15, 0.2) is 76.8 Å². The van der Waals surface area contributed by atoms with E-state index < -0.39 is 8.07 Å². The van der Waals surface area contributed by atoms with Crippen molar-refractivity contribution in [1.29, 1.82) is 0 Å². The first-order valence-electron chi connectivity index (χ1n) is 10.9. The first-order chi connectivity index (χ1) is 14.1. The lowest BCUT2D eigenvalue weighted by Gasteiger charge is -2.41. The van der Waals surface area contributed by atoms with Gasteiger partial charge in [0.1, 0.15) is 0 Å². The molecule has 150 valence electrons. The van der Waals surface area contributed by atoms with E-state index in [0.717, 1.165) is 12.8 Å². The summed E-state index contributed by atoms with van der Waals surface area (Å²) in [6.07, 6.45) is 6.22. The minimum atomic E-state index is -0.675. The number of hydrogen-bond donors (Lipinski definition) is 0. The Morgan fingerprint density at radius 3 is 2.17 bits per heavy atom. The van der Waals surface area contributed by atoms with Gasteiger partial charge in [-0.3, -0.25) is 0 Å². The number of allylic oxidation sites excluding steroid dienone is 2. The SMILES string of the molecule is CC1(C)CC2=NN(c3ccccc3)P(c3ccccc3)C2=C(N2CCCCC2)C1. The van der Waals surface area contributed by atoms with E-state index in [1.807, 2.05) is 0 Å². The second-order valence-electron chi connectivity index (χ2n) is 9.18. The number of benzene rings is 2. The summed E-state index contributed by atoms with van der Waals surface area (Å²) in [4.78, 5) is 2.70. The molecule has 0 spiro atoms. The molecule has 0 aromatic heterocycles. The van der Waals surface area contributed by atoms with Crippen molar-refractivity contribution in [3.8, 4) is 0 Å². The minimum Gasteiger partial charge on any atom is -0.374 e. The predicted molar refractivity (Wildman–Crippen MR) is 125 cm³/mol. The fourth-order valence-electron chi connectivity index (χ4n) is 4.85. The van der Waals surface area contributed by atoms with Crippen molar-refractivity contribution in [2.24, 2.45) is 10.5 Å². The Bertz CT molecular complexity index is 927. The molecule has 2 aromatic carbocycles. The number of piperidine rings is 1. The Morgan fingerprint density at radius 1 is 0.828 bits per heavy atom. The molecule has 2 heterocycles. The van der Waals surface area contributed by atoms with Gasteiger partial charge in [-0.15, -0.1) is 0 Å². The van der Waals surface area contributed by atoms with Crippen LogP contribution in [0.2, 0.25) is 0 Å². The third kappa shape index (κ3) is 3.62. The summed E-state index contributed by atoms with van der Waals surface area (Å²) in [5.74, 6) is 0. The molecule has 0 radical (unpaired) electrons. The molecule has 1 aliphatic carbocycles. The molecule has 3 aliphatic rings. The lowest BCUT2D eigenvalue weighted by atomic mass is 9.78. The van der Waals surface area contributed by atoms with E-state index in [2.05, 4.69) is 84.2 Å². The van der Waals surface area contributed by atoms with Crippen molar-refractivity contribution in [3.05, 3.63) is 71.7 Å². The van der Waals surface area contributed by atoms with Gasteiger partial charge in [-0.05, 0) is 49.7 Å². The molecule has 1 atom stereocenters. The van der Waals surface area contributed by atoms with Crippen molar-refractivity contribution in [1.82, 2.24) is 4.90 Å². The highest BCUT2D eigenvalue weighted by Crippen LogP contribution is 2.60. The average molecular weight is 404 g/mol. The van der Waals surface area contributed by atoms with Crippen LogP contribution in [-0.2, 0) is 0 Å².